The molecule has 0 fully saturated rings. The van der Waals surface area contributed by atoms with Crippen molar-refractivity contribution in [1.82, 2.24) is 4.98 Å². The standard InChI is InChI=1S/C11H9ClN2/c1-7-4-9-5-8(11(12)13)2-3-10(9)14-6-7/h2-6,13H,1H3. The first-order chi connectivity index (χ1) is 6.66. The first-order valence-corrected chi connectivity index (χ1v) is 4.65. The first-order valence-electron chi connectivity index (χ1n) is 4.27. The van der Waals surface area contributed by atoms with Gasteiger partial charge in [-0.3, -0.25) is 10.4 Å². The number of nitrogens with zero attached hydrogens (tertiary/aromatic N) is 1. The molecule has 2 aromatic rings. The van der Waals surface area contributed by atoms with E-state index in [1.807, 2.05) is 31.3 Å². The van der Waals surface area contributed by atoms with Crippen molar-refractivity contribution in [2.24, 2.45) is 0 Å². The van der Waals surface area contributed by atoms with Gasteiger partial charge in [0.25, 0.3) is 0 Å². The van der Waals surface area contributed by atoms with Crippen molar-refractivity contribution in [3.8, 4) is 0 Å². The van der Waals surface area contributed by atoms with Crippen molar-refractivity contribution in [2.45, 2.75) is 6.92 Å². The van der Waals surface area contributed by atoms with Crippen molar-refractivity contribution in [2.75, 3.05) is 0 Å². The molecule has 0 amide bonds. The van der Waals surface area contributed by atoms with E-state index in [0.717, 1.165) is 22.0 Å². The first kappa shape index (κ1) is 9.16. The van der Waals surface area contributed by atoms with Crippen LogP contribution in [0, 0.1) is 12.3 Å². The van der Waals surface area contributed by atoms with Crippen LogP contribution >= 0.6 is 11.6 Å². The summed E-state index contributed by atoms with van der Waals surface area (Å²) < 4.78 is 0. The lowest BCUT2D eigenvalue weighted by Gasteiger charge is -2.01. The maximum absolute atomic E-state index is 7.31. The molecule has 0 radical (unpaired) electrons. The average molecular weight is 205 g/mol. The lowest BCUT2D eigenvalue weighted by atomic mass is 10.1. The van der Waals surface area contributed by atoms with Gasteiger partial charge in [0.1, 0.15) is 5.17 Å². The molecular formula is C11H9ClN2. The van der Waals surface area contributed by atoms with Gasteiger partial charge in [-0.2, -0.15) is 0 Å². The number of hydrogen-bond donors (Lipinski definition) is 1. The van der Waals surface area contributed by atoms with Crippen LogP contribution in [-0.2, 0) is 0 Å². The maximum atomic E-state index is 7.31. The van der Waals surface area contributed by atoms with E-state index in [2.05, 4.69) is 4.98 Å². The van der Waals surface area contributed by atoms with Gasteiger partial charge in [-0.15, -0.1) is 0 Å². The number of aryl methyl sites for hydroxylation is 1. The fraction of sp³-hybridized carbons (Fsp3) is 0.0909. The molecule has 0 saturated carbocycles. The molecule has 0 unspecified atom stereocenters. The van der Waals surface area contributed by atoms with Gasteiger partial charge in [-0.25, -0.2) is 0 Å². The average Bonchev–Trinajstić information content (AvgIpc) is 2.16. The summed E-state index contributed by atoms with van der Waals surface area (Å²) >= 11 is 5.61. The molecule has 14 heavy (non-hydrogen) atoms. The van der Waals surface area contributed by atoms with Crippen molar-refractivity contribution in [3.63, 3.8) is 0 Å². The van der Waals surface area contributed by atoms with E-state index in [-0.39, 0.29) is 5.17 Å². The predicted octanol–water partition coefficient (Wildman–Crippen LogP) is 3.11. The monoisotopic (exact) mass is 204 g/mol. The Kier molecular flexibility index (Phi) is 2.22. The van der Waals surface area contributed by atoms with Crippen LogP contribution in [0.4, 0.5) is 0 Å². The molecule has 2 rings (SSSR count). The molecule has 0 spiro atoms. The van der Waals surface area contributed by atoms with Crippen molar-refractivity contribution in [1.29, 1.82) is 5.41 Å². The quantitative estimate of drug-likeness (QED) is 0.712. The molecule has 0 saturated heterocycles. The Morgan fingerprint density at radius 2 is 2.14 bits per heavy atom. The molecule has 0 bridgehead atoms. The van der Waals surface area contributed by atoms with Crippen molar-refractivity contribution < 1.29 is 0 Å². The Morgan fingerprint density at radius 3 is 2.86 bits per heavy atom. The van der Waals surface area contributed by atoms with Gasteiger partial charge in [-0.1, -0.05) is 11.6 Å². The largest absolute Gasteiger partial charge is 0.289 e. The normalized spacial score (nSPS) is 10.4. The van der Waals surface area contributed by atoms with E-state index < -0.39 is 0 Å². The molecular weight excluding hydrogens is 196 g/mol. The number of hydrogen-bond acceptors (Lipinski definition) is 2. The maximum Gasteiger partial charge on any atom is 0.128 e. The number of halogens is 1. The van der Waals surface area contributed by atoms with Crippen LogP contribution in [0.5, 0.6) is 0 Å². The van der Waals surface area contributed by atoms with Crippen LogP contribution in [0.3, 0.4) is 0 Å². The van der Waals surface area contributed by atoms with E-state index in [4.69, 9.17) is 17.0 Å². The second-order valence-electron chi connectivity index (χ2n) is 3.23. The number of benzene rings is 1. The zero-order chi connectivity index (χ0) is 10.1. The molecule has 1 N–H and O–H groups in total. The minimum Gasteiger partial charge on any atom is -0.289 e. The fourth-order valence-corrected chi connectivity index (χ4v) is 1.50. The SMILES string of the molecule is Cc1cnc2ccc(C(=N)Cl)cc2c1. The second-order valence-corrected chi connectivity index (χ2v) is 3.61. The van der Waals surface area contributed by atoms with Crippen LogP contribution in [-0.4, -0.2) is 10.2 Å². The number of fused-ring (bicyclic) bond motifs is 1. The van der Waals surface area contributed by atoms with E-state index in [0.29, 0.717) is 0 Å². The third-order valence-electron chi connectivity index (χ3n) is 2.07. The van der Waals surface area contributed by atoms with Gasteiger partial charge in [0.15, 0.2) is 0 Å². The molecule has 3 heteroatoms. The summed E-state index contributed by atoms with van der Waals surface area (Å²) in [5, 5.41) is 8.39. The third-order valence-corrected chi connectivity index (χ3v) is 2.29. The molecule has 70 valence electrons. The van der Waals surface area contributed by atoms with Gasteiger partial charge >= 0.3 is 0 Å². The van der Waals surface area contributed by atoms with Gasteiger partial charge < -0.3 is 0 Å². The van der Waals surface area contributed by atoms with E-state index in [9.17, 15) is 0 Å². The topological polar surface area (TPSA) is 36.7 Å². The van der Waals surface area contributed by atoms with Crippen LogP contribution in [0.25, 0.3) is 10.9 Å². The molecule has 1 aromatic carbocycles. The summed E-state index contributed by atoms with van der Waals surface area (Å²) in [7, 11) is 0. The lowest BCUT2D eigenvalue weighted by molar-refractivity contribution is 1.33. The van der Waals surface area contributed by atoms with Crippen LogP contribution < -0.4 is 0 Å². The van der Waals surface area contributed by atoms with Crippen molar-refractivity contribution in [3.05, 3.63) is 41.6 Å². The Balaban J connectivity index is 2.69. The molecule has 0 aliphatic rings. The molecule has 0 atom stereocenters. The highest BCUT2D eigenvalue weighted by Crippen LogP contribution is 2.16. The third kappa shape index (κ3) is 1.61. The zero-order valence-corrected chi connectivity index (χ0v) is 8.47. The summed E-state index contributed by atoms with van der Waals surface area (Å²) in [4.78, 5) is 4.27. The zero-order valence-electron chi connectivity index (χ0n) is 7.71. The predicted molar refractivity (Wildman–Crippen MR) is 59.2 cm³/mol. The van der Waals surface area contributed by atoms with E-state index in [1.54, 1.807) is 6.07 Å². The molecule has 0 aliphatic carbocycles. The van der Waals surface area contributed by atoms with Gasteiger partial charge in [0.05, 0.1) is 5.52 Å². The van der Waals surface area contributed by atoms with Crippen LogP contribution in [0.1, 0.15) is 11.1 Å². The Labute approximate surface area is 87.1 Å². The number of rotatable bonds is 1. The summed E-state index contributed by atoms with van der Waals surface area (Å²) in [6.45, 7) is 1.99. The number of pyridine rings is 1. The molecule has 0 aliphatic heterocycles. The van der Waals surface area contributed by atoms with Gasteiger partial charge in [0.2, 0.25) is 0 Å². The highest BCUT2D eigenvalue weighted by molar-refractivity contribution is 6.68. The van der Waals surface area contributed by atoms with Crippen LogP contribution in [0.2, 0.25) is 0 Å². The minimum absolute atomic E-state index is 0.0633. The highest BCUT2D eigenvalue weighted by Gasteiger charge is 2.00. The lowest BCUT2D eigenvalue weighted by Crippen LogP contribution is -1.89. The number of aromatic nitrogens is 1. The minimum atomic E-state index is 0.0633. The smallest absolute Gasteiger partial charge is 0.128 e. The van der Waals surface area contributed by atoms with Crippen LogP contribution in [0.15, 0.2) is 30.5 Å². The van der Waals surface area contributed by atoms with Gasteiger partial charge in [-0.05, 0) is 36.8 Å². The highest BCUT2D eigenvalue weighted by atomic mass is 35.5. The number of nitrogens with one attached hydrogen (secondary N) is 1. The summed E-state index contributed by atoms with van der Waals surface area (Å²) in [6.07, 6.45) is 1.83. The van der Waals surface area contributed by atoms with Gasteiger partial charge in [0, 0.05) is 17.1 Å². The fourth-order valence-electron chi connectivity index (χ4n) is 1.38. The Morgan fingerprint density at radius 1 is 1.36 bits per heavy atom. The molecule has 2 nitrogen and oxygen atoms in total. The van der Waals surface area contributed by atoms with E-state index in [1.165, 1.54) is 0 Å². The Bertz CT molecular complexity index is 506. The summed E-state index contributed by atoms with van der Waals surface area (Å²) in [6, 6.07) is 7.59. The summed E-state index contributed by atoms with van der Waals surface area (Å²) in [5.41, 5.74) is 2.76. The van der Waals surface area contributed by atoms with Crippen molar-refractivity contribution >= 4 is 27.7 Å². The van der Waals surface area contributed by atoms with E-state index >= 15 is 0 Å². The Hall–Kier alpha value is -1.41. The summed E-state index contributed by atoms with van der Waals surface area (Å²) in [5.74, 6) is 0. The molecule has 1 aromatic heterocycles. The second kappa shape index (κ2) is 3.39. The molecule has 1 heterocycles.